The normalized spacial score (nSPS) is 16.8. The molecule has 1 aromatic rings. The molecule has 6 heteroatoms. The Morgan fingerprint density at radius 1 is 1.17 bits per heavy atom. The first-order chi connectivity index (χ1) is 10.8. The number of carbonyl (C=O) groups is 1. The van der Waals surface area contributed by atoms with Gasteiger partial charge in [0.1, 0.15) is 6.04 Å². The van der Waals surface area contributed by atoms with Crippen LogP contribution in [0.5, 0.6) is 0 Å². The van der Waals surface area contributed by atoms with Crippen LogP contribution in [0.4, 0.5) is 0 Å². The number of sulfonamides is 1. The van der Waals surface area contributed by atoms with Gasteiger partial charge in [0.05, 0.1) is 5.75 Å². The van der Waals surface area contributed by atoms with Crippen LogP contribution in [0.3, 0.4) is 0 Å². The summed E-state index contributed by atoms with van der Waals surface area (Å²) in [6.45, 7) is 7.14. The number of hydrogen-bond acceptors (Lipinski definition) is 3. The molecule has 0 saturated carbocycles. The zero-order valence-corrected chi connectivity index (χ0v) is 14.9. The fourth-order valence-electron chi connectivity index (χ4n) is 2.74. The second-order valence-corrected chi connectivity index (χ2v) is 8.37. The molecule has 2 rings (SSSR count). The predicted octanol–water partition coefficient (Wildman–Crippen LogP) is 2.06. The molecule has 0 radical (unpaired) electrons. The van der Waals surface area contributed by atoms with Crippen LogP contribution < -0.4 is 4.72 Å². The number of amides is 1. The first-order valence-electron chi connectivity index (χ1n) is 8.13. The highest BCUT2D eigenvalue weighted by Gasteiger charge is 2.32. The van der Waals surface area contributed by atoms with Gasteiger partial charge in [-0.1, -0.05) is 43.7 Å². The third kappa shape index (κ3) is 5.04. The van der Waals surface area contributed by atoms with Gasteiger partial charge in [-0.25, -0.2) is 13.1 Å². The van der Waals surface area contributed by atoms with Crippen molar-refractivity contribution in [2.45, 2.75) is 45.4 Å². The number of carbonyl (C=O) groups excluding carboxylic acids is 1. The molecule has 0 bridgehead atoms. The summed E-state index contributed by atoms with van der Waals surface area (Å²) < 4.78 is 27.5. The summed E-state index contributed by atoms with van der Waals surface area (Å²) >= 11 is 0. The fourth-order valence-corrected chi connectivity index (χ4v) is 4.22. The maximum absolute atomic E-state index is 12.6. The van der Waals surface area contributed by atoms with Crippen molar-refractivity contribution in [3.05, 3.63) is 35.4 Å². The lowest BCUT2D eigenvalue weighted by atomic mass is 10.0. The summed E-state index contributed by atoms with van der Waals surface area (Å²) in [6, 6.07) is 6.70. The molecule has 1 aromatic carbocycles. The molecule has 1 heterocycles. The van der Waals surface area contributed by atoms with E-state index in [1.807, 2.05) is 32.9 Å². The molecule has 1 N–H and O–H groups in total. The van der Waals surface area contributed by atoms with Crippen molar-refractivity contribution in [2.24, 2.45) is 5.92 Å². The van der Waals surface area contributed by atoms with Gasteiger partial charge in [-0.15, -0.1) is 0 Å². The monoisotopic (exact) mass is 338 g/mol. The molecule has 23 heavy (non-hydrogen) atoms. The average Bonchev–Trinajstić information content (AvgIpc) is 3.00. The summed E-state index contributed by atoms with van der Waals surface area (Å²) in [5.74, 6) is -0.301. The topological polar surface area (TPSA) is 66.5 Å². The van der Waals surface area contributed by atoms with Crippen molar-refractivity contribution in [2.75, 3.05) is 13.1 Å². The number of likely N-dealkylation sites (tertiary alicyclic amines) is 1. The zero-order chi connectivity index (χ0) is 17.0. The number of nitrogens with one attached hydrogen (secondary N) is 1. The highest BCUT2D eigenvalue weighted by molar-refractivity contribution is 7.88. The van der Waals surface area contributed by atoms with E-state index in [1.165, 1.54) is 0 Å². The van der Waals surface area contributed by atoms with Gasteiger partial charge < -0.3 is 4.90 Å². The number of hydrogen-bond donors (Lipinski definition) is 1. The number of aryl methyl sites for hydroxylation is 1. The van der Waals surface area contributed by atoms with E-state index >= 15 is 0 Å². The van der Waals surface area contributed by atoms with Crippen molar-refractivity contribution >= 4 is 15.9 Å². The van der Waals surface area contributed by atoms with Crippen molar-refractivity contribution in [3.63, 3.8) is 0 Å². The maximum Gasteiger partial charge on any atom is 0.241 e. The standard InChI is InChI=1S/C17H26N2O3S/c1-13(2)16(17(20)19-10-4-5-11-19)18-23(21,22)12-15-8-6-14(3)7-9-15/h6-9,13,16,18H,4-5,10-12H2,1-3H3/t16-/m0/s1. The lowest BCUT2D eigenvalue weighted by Gasteiger charge is -2.26. The van der Waals surface area contributed by atoms with E-state index in [0.29, 0.717) is 0 Å². The SMILES string of the molecule is Cc1ccc(CS(=O)(=O)N[C@H](C(=O)N2CCCC2)C(C)C)cc1. The Balaban J connectivity index is 2.08. The van der Waals surface area contributed by atoms with Crippen molar-refractivity contribution in [1.29, 1.82) is 0 Å². The minimum absolute atomic E-state index is 0.0871. The van der Waals surface area contributed by atoms with E-state index in [0.717, 1.165) is 37.1 Å². The molecule has 1 aliphatic heterocycles. The van der Waals surface area contributed by atoms with Gasteiger partial charge in [-0.05, 0) is 31.2 Å². The van der Waals surface area contributed by atoms with Crippen LogP contribution in [-0.4, -0.2) is 38.4 Å². The number of rotatable bonds is 6. The largest absolute Gasteiger partial charge is 0.341 e. The van der Waals surface area contributed by atoms with Crippen LogP contribution in [0.15, 0.2) is 24.3 Å². The second kappa shape index (κ2) is 7.45. The van der Waals surface area contributed by atoms with E-state index in [2.05, 4.69) is 4.72 Å². The average molecular weight is 338 g/mol. The molecule has 1 saturated heterocycles. The minimum Gasteiger partial charge on any atom is -0.341 e. The molecule has 5 nitrogen and oxygen atoms in total. The van der Waals surface area contributed by atoms with E-state index in [4.69, 9.17) is 0 Å². The fraction of sp³-hybridized carbons (Fsp3) is 0.588. The molecule has 1 aliphatic rings. The molecule has 1 amide bonds. The smallest absolute Gasteiger partial charge is 0.241 e. The van der Waals surface area contributed by atoms with Crippen LogP contribution in [0.1, 0.15) is 37.8 Å². The van der Waals surface area contributed by atoms with E-state index in [9.17, 15) is 13.2 Å². The molecular weight excluding hydrogens is 312 g/mol. The highest BCUT2D eigenvalue weighted by Crippen LogP contribution is 2.15. The predicted molar refractivity (Wildman–Crippen MR) is 91.4 cm³/mol. The minimum atomic E-state index is -3.56. The summed E-state index contributed by atoms with van der Waals surface area (Å²) in [6.07, 6.45) is 1.99. The van der Waals surface area contributed by atoms with Gasteiger partial charge in [0.25, 0.3) is 0 Å². The van der Waals surface area contributed by atoms with Gasteiger partial charge in [-0.3, -0.25) is 4.79 Å². The summed E-state index contributed by atoms with van der Waals surface area (Å²) in [7, 11) is -3.56. The highest BCUT2D eigenvalue weighted by atomic mass is 32.2. The zero-order valence-electron chi connectivity index (χ0n) is 14.1. The Bertz CT molecular complexity index is 632. The molecule has 128 valence electrons. The third-order valence-corrected chi connectivity index (χ3v) is 5.46. The summed E-state index contributed by atoms with van der Waals surface area (Å²) in [4.78, 5) is 14.3. The lowest BCUT2D eigenvalue weighted by Crippen LogP contribution is -2.50. The Labute approximate surface area is 139 Å². The van der Waals surface area contributed by atoms with Crippen LogP contribution in [0, 0.1) is 12.8 Å². The molecule has 0 unspecified atom stereocenters. The third-order valence-electron chi connectivity index (χ3n) is 4.13. The van der Waals surface area contributed by atoms with E-state index in [1.54, 1.807) is 17.0 Å². The summed E-state index contributed by atoms with van der Waals surface area (Å²) in [5.41, 5.74) is 1.81. The van der Waals surface area contributed by atoms with Gasteiger partial charge in [0, 0.05) is 13.1 Å². The van der Waals surface area contributed by atoms with Crippen molar-refractivity contribution in [3.8, 4) is 0 Å². The van der Waals surface area contributed by atoms with Crippen LogP contribution in [0.25, 0.3) is 0 Å². The molecule has 0 aliphatic carbocycles. The lowest BCUT2D eigenvalue weighted by molar-refractivity contribution is -0.132. The molecule has 1 fully saturated rings. The Kier molecular flexibility index (Phi) is 5.81. The van der Waals surface area contributed by atoms with Crippen molar-refractivity contribution in [1.82, 2.24) is 9.62 Å². The molecule has 0 aromatic heterocycles. The van der Waals surface area contributed by atoms with Gasteiger partial charge in [0.15, 0.2) is 0 Å². The van der Waals surface area contributed by atoms with Gasteiger partial charge >= 0.3 is 0 Å². The Morgan fingerprint density at radius 3 is 2.26 bits per heavy atom. The Hall–Kier alpha value is -1.40. The first kappa shape index (κ1) is 17.9. The molecule has 0 spiro atoms. The number of nitrogens with zero attached hydrogens (tertiary/aromatic N) is 1. The van der Waals surface area contributed by atoms with Gasteiger partial charge in [-0.2, -0.15) is 0 Å². The first-order valence-corrected chi connectivity index (χ1v) is 9.78. The Morgan fingerprint density at radius 2 is 1.74 bits per heavy atom. The summed E-state index contributed by atoms with van der Waals surface area (Å²) in [5, 5.41) is 0. The quantitative estimate of drug-likeness (QED) is 0.863. The van der Waals surface area contributed by atoms with Crippen molar-refractivity contribution < 1.29 is 13.2 Å². The van der Waals surface area contributed by atoms with Gasteiger partial charge in [0.2, 0.25) is 15.9 Å². The number of benzene rings is 1. The maximum atomic E-state index is 12.6. The van der Waals surface area contributed by atoms with Crippen LogP contribution in [-0.2, 0) is 20.6 Å². The second-order valence-electron chi connectivity index (χ2n) is 6.62. The van der Waals surface area contributed by atoms with Crippen LogP contribution >= 0.6 is 0 Å². The van der Waals surface area contributed by atoms with Crippen LogP contribution in [0.2, 0.25) is 0 Å². The van der Waals surface area contributed by atoms with E-state index in [-0.39, 0.29) is 17.6 Å². The molecule has 1 atom stereocenters. The molecular formula is C17H26N2O3S. The van der Waals surface area contributed by atoms with E-state index < -0.39 is 16.1 Å².